The van der Waals surface area contributed by atoms with Gasteiger partial charge >= 0.3 is 0 Å². The zero-order chi connectivity index (χ0) is 27.5. The van der Waals surface area contributed by atoms with Crippen molar-refractivity contribution in [3.8, 4) is 0 Å². The lowest BCUT2D eigenvalue weighted by Crippen LogP contribution is -2.21. The fourth-order valence-electron chi connectivity index (χ4n) is 6.76. The summed E-state index contributed by atoms with van der Waals surface area (Å²) >= 11 is 0. The Kier molecular flexibility index (Phi) is 7.75. The van der Waals surface area contributed by atoms with E-state index in [1.165, 1.54) is 51.2 Å². The quantitative estimate of drug-likeness (QED) is 0.409. The monoisotopic (exact) mass is 527 g/mol. The molecule has 0 spiro atoms. The lowest BCUT2D eigenvalue weighted by molar-refractivity contribution is 0.515. The van der Waals surface area contributed by atoms with Crippen LogP contribution in [-0.4, -0.2) is 0 Å². The number of nitrogens with zero attached hydrogens (tertiary/aromatic N) is 1. The van der Waals surface area contributed by atoms with Crippen LogP contribution in [-0.2, 0) is 6.54 Å². The van der Waals surface area contributed by atoms with Crippen molar-refractivity contribution in [2.45, 2.75) is 63.8 Å². The van der Waals surface area contributed by atoms with E-state index in [-0.39, 0.29) is 5.92 Å². The Hall–Kier alpha value is -3.82. The van der Waals surface area contributed by atoms with Gasteiger partial charge in [-0.3, -0.25) is 0 Å². The first-order valence-corrected chi connectivity index (χ1v) is 14.9. The Labute approximate surface area is 239 Å². The standard InChI is InChI=1S/C37H41N3/c1-26-22-31(28-18-16-27(25-38)17-19-28)20-21-40(37-15-5-3-12-34(26)37)33-11-7-9-30(24-33)29-8-6-10-32(23-29)35-13-2-4-14-36(35)39/h3-5,8-9,12,14-21,24,31-32H,1-2,6-7,10-11,13,22-23,25,38-39H2/b21-20-. The summed E-state index contributed by atoms with van der Waals surface area (Å²) in [5.41, 5.74) is 25.1. The molecule has 2 unspecified atom stereocenters. The molecule has 0 radical (unpaired) electrons. The Balaban J connectivity index is 1.31. The predicted octanol–water partition coefficient (Wildman–Crippen LogP) is 8.56. The van der Waals surface area contributed by atoms with E-state index in [2.05, 4.69) is 103 Å². The molecule has 204 valence electrons. The number of hydrogen-bond donors (Lipinski definition) is 2. The van der Waals surface area contributed by atoms with Gasteiger partial charge in [-0.15, -0.1) is 0 Å². The maximum atomic E-state index is 6.42. The zero-order valence-corrected chi connectivity index (χ0v) is 23.5. The van der Waals surface area contributed by atoms with Crippen LogP contribution in [0, 0.1) is 5.92 Å². The fraction of sp³-hybridized carbons (Fsp3) is 0.297. The van der Waals surface area contributed by atoms with E-state index in [1.807, 2.05) is 0 Å². The third kappa shape index (κ3) is 5.44. The van der Waals surface area contributed by atoms with Crippen LogP contribution in [0.25, 0.3) is 5.57 Å². The molecule has 1 heterocycles. The SMILES string of the molecule is C=C1CC(c2ccc(CN)cc2)/C=C\N(C2=CC(C3=CCCC(C4=C(N)C=CCC4)C3)=CCC2)c2ccccc21. The maximum Gasteiger partial charge on any atom is 0.0527 e. The van der Waals surface area contributed by atoms with E-state index in [4.69, 9.17) is 11.5 Å². The van der Waals surface area contributed by atoms with Gasteiger partial charge in [0.1, 0.15) is 0 Å². The first-order chi connectivity index (χ1) is 19.6. The molecule has 40 heavy (non-hydrogen) atoms. The highest BCUT2D eigenvalue weighted by Gasteiger charge is 2.26. The molecule has 2 aromatic carbocycles. The molecule has 1 aliphatic heterocycles. The van der Waals surface area contributed by atoms with Crippen LogP contribution in [0.5, 0.6) is 0 Å². The molecule has 0 saturated heterocycles. The van der Waals surface area contributed by atoms with Gasteiger partial charge in [0.15, 0.2) is 0 Å². The number of allylic oxidation sites excluding steroid dienone is 11. The van der Waals surface area contributed by atoms with Crippen molar-refractivity contribution in [1.82, 2.24) is 0 Å². The number of benzene rings is 2. The normalized spacial score (nSPS) is 24.0. The molecule has 3 heteroatoms. The molecule has 4 aliphatic rings. The number of hydrogen-bond acceptors (Lipinski definition) is 3. The average molecular weight is 528 g/mol. The third-order valence-electron chi connectivity index (χ3n) is 9.00. The van der Waals surface area contributed by atoms with Crippen LogP contribution in [0.2, 0.25) is 0 Å². The lowest BCUT2D eigenvalue weighted by atomic mass is 9.77. The minimum absolute atomic E-state index is 0.263. The van der Waals surface area contributed by atoms with Gasteiger partial charge < -0.3 is 16.4 Å². The van der Waals surface area contributed by atoms with E-state index < -0.39 is 0 Å². The van der Waals surface area contributed by atoms with Crippen molar-refractivity contribution in [1.29, 1.82) is 0 Å². The molecule has 4 N–H and O–H groups in total. The molecule has 0 fully saturated rings. The zero-order valence-electron chi connectivity index (χ0n) is 23.5. The fourth-order valence-corrected chi connectivity index (χ4v) is 6.76. The minimum Gasteiger partial charge on any atom is -0.399 e. The summed E-state index contributed by atoms with van der Waals surface area (Å²) in [6.07, 6.45) is 24.9. The van der Waals surface area contributed by atoms with Crippen LogP contribution < -0.4 is 16.4 Å². The summed E-state index contributed by atoms with van der Waals surface area (Å²) in [5.74, 6) is 0.821. The Morgan fingerprint density at radius 1 is 0.925 bits per heavy atom. The summed E-state index contributed by atoms with van der Waals surface area (Å²) < 4.78 is 0. The van der Waals surface area contributed by atoms with Crippen LogP contribution in [0.4, 0.5) is 5.69 Å². The Morgan fingerprint density at radius 2 is 1.77 bits per heavy atom. The van der Waals surface area contributed by atoms with Crippen molar-refractivity contribution in [3.63, 3.8) is 0 Å². The third-order valence-corrected chi connectivity index (χ3v) is 9.00. The van der Waals surface area contributed by atoms with Gasteiger partial charge in [0, 0.05) is 35.6 Å². The van der Waals surface area contributed by atoms with Crippen LogP contribution >= 0.6 is 0 Å². The van der Waals surface area contributed by atoms with Gasteiger partial charge in [-0.1, -0.05) is 73.3 Å². The van der Waals surface area contributed by atoms with Gasteiger partial charge in [0.2, 0.25) is 0 Å². The van der Waals surface area contributed by atoms with E-state index in [0.29, 0.717) is 12.5 Å². The maximum absolute atomic E-state index is 6.42. The summed E-state index contributed by atoms with van der Waals surface area (Å²) in [4.78, 5) is 2.42. The molecule has 0 aromatic heterocycles. The Bertz CT molecular complexity index is 1460. The molecule has 2 atom stereocenters. The molecule has 3 nitrogen and oxygen atoms in total. The van der Waals surface area contributed by atoms with Gasteiger partial charge in [0.05, 0.1) is 5.69 Å². The van der Waals surface area contributed by atoms with Crippen molar-refractivity contribution < 1.29 is 0 Å². The second kappa shape index (κ2) is 11.7. The molecule has 6 rings (SSSR count). The summed E-state index contributed by atoms with van der Waals surface area (Å²) in [5, 5.41) is 0. The minimum atomic E-state index is 0.263. The summed E-state index contributed by atoms with van der Waals surface area (Å²) in [6.45, 7) is 5.12. The van der Waals surface area contributed by atoms with Crippen molar-refractivity contribution in [3.05, 3.63) is 143 Å². The van der Waals surface area contributed by atoms with Crippen molar-refractivity contribution in [2.24, 2.45) is 17.4 Å². The van der Waals surface area contributed by atoms with Gasteiger partial charge in [0.25, 0.3) is 0 Å². The molecular weight excluding hydrogens is 486 g/mol. The summed E-state index contributed by atoms with van der Waals surface area (Å²) in [7, 11) is 0. The lowest BCUT2D eigenvalue weighted by Gasteiger charge is -2.33. The largest absolute Gasteiger partial charge is 0.399 e. The molecular formula is C37H41N3. The second-order valence-electron chi connectivity index (χ2n) is 11.6. The van der Waals surface area contributed by atoms with Crippen molar-refractivity contribution in [2.75, 3.05) is 4.90 Å². The number of nitrogens with two attached hydrogens (primary N) is 2. The number of fused-ring (bicyclic) bond motifs is 1. The van der Waals surface area contributed by atoms with Gasteiger partial charge in [-0.2, -0.15) is 0 Å². The molecule has 0 bridgehead atoms. The number of rotatable bonds is 5. The first kappa shape index (κ1) is 26.4. The van der Waals surface area contributed by atoms with E-state index >= 15 is 0 Å². The predicted molar refractivity (Wildman–Crippen MR) is 169 cm³/mol. The van der Waals surface area contributed by atoms with Crippen LogP contribution in [0.1, 0.15) is 74.0 Å². The topological polar surface area (TPSA) is 55.3 Å². The van der Waals surface area contributed by atoms with Crippen LogP contribution in [0.15, 0.2) is 126 Å². The average Bonchev–Trinajstić information content (AvgIpc) is 3.00. The van der Waals surface area contributed by atoms with E-state index in [1.54, 1.807) is 0 Å². The summed E-state index contributed by atoms with van der Waals surface area (Å²) in [6, 6.07) is 17.5. The smallest absolute Gasteiger partial charge is 0.0527 e. The molecule has 2 aromatic rings. The second-order valence-corrected chi connectivity index (χ2v) is 11.6. The highest BCUT2D eigenvalue weighted by molar-refractivity contribution is 5.79. The van der Waals surface area contributed by atoms with Crippen LogP contribution in [0.3, 0.4) is 0 Å². The van der Waals surface area contributed by atoms with E-state index in [0.717, 1.165) is 56.2 Å². The molecule has 3 aliphatic carbocycles. The van der Waals surface area contributed by atoms with Crippen molar-refractivity contribution >= 4 is 11.3 Å². The van der Waals surface area contributed by atoms with E-state index in [9.17, 15) is 0 Å². The highest BCUT2D eigenvalue weighted by atomic mass is 15.1. The first-order valence-electron chi connectivity index (χ1n) is 14.9. The number of anilines is 1. The Morgan fingerprint density at radius 3 is 2.60 bits per heavy atom. The van der Waals surface area contributed by atoms with Gasteiger partial charge in [-0.05, 0) is 109 Å². The highest BCUT2D eigenvalue weighted by Crippen LogP contribution is 2.42. The molecule has 0 saturated carbocycles. The number of para-hydroxylation sites is 1. The van der Waals surface area contributed by atoms with Gasteiger partial charge in [-0.25, -0.2) is 0 Å². The molecule has 0 amide bonds.